The van der Waals surface area contributed by atoms with E-state index >= 15 is 0 Å². The molecule has 2 aromatic carbocycles. The van der Waals surface area contributed by atoms with Gasteiger partial charge in [-0.25, -0.2) is 0 Å². The van der Waals surface area contributed by atoms with Crippen molar-refractivity contribution in [3.63, 3.8) is 0 Å². The molecule has 1 aromatic heterocycles. The molecule has 1 heterocycles. The molecule has 0 bridgehead atoms. The van der Waals surface area contributed by atoms with Crippen molar-refractivity contribution < 1.29 is 14.6 Å². The van der Waals surface area contributed by atoms with Gasteiger partial charge in [-0.15, -0.1) is 0 Å². The van der Waals surface area contributed by atoms with Gasteiger partial charge in [0.2, 0.25) is 0 Å². The Morgan fingerprint density at radius 3 is 2.27 bits per heavy atom. The van der Waals surface area contributed by atoms with E-state index in [-0.39, 0.29) is 12.2 Å². The third-order valence-electron chi connectivity index (χ3n) is 4.15. The van der Waals surface area contributed by atoms with E-state index in [9.17, 15) is 9.90 Å². The highest BCUT2D eigenvalue weighted by Crippen LogP contribution is 2.22. The molecule has 3 aromatic rings. The lowest BCUT2D eigenvalue weighted by Gasteiger charge is -2.19. The number of hydrogen-bond acceptors (Lipinski definition) is 4. The summed E-state index contributed by atoms with van der Waals surface area (Å²) < 4.78 is 12.9. The van der Waals surface area contributed by atoms with E-state index < -0.39 is 5.60 Å². The number of pyridine rings is 1. The van der Waals surface area contributed by atoms with Crippen molar-refractivity contribution in [2.24, 2.45) is 0 Å². The molecular weight excluding hydrogens is 378 g/mol. The molecule has 0 amide bonds. The number of hydrogen-bond donors (Lipinski definition) is 1. The van der Waals surface area contributed by atoms with Gasteiger partial charge in [-0.05, 0) is 68.3 Å². The number of ether oxygens (including phenoxy) is 2. The average Bonchev–Trinajstić information content (AvgIpc) is 2.73. The van der Waals surface area contributed by atoms with E-state index in [0.717, 1.165) is 22.6 Å². The zero-order chi connectivity index (χ0) is 22.1. The van der Waals surface area contributed by atoms with Crippen LogP contribution in [0.2, 0.25) is 0 Å². The van der Waals surface area contributed by atoms with E-state index in [1.807, 2.05) is 75.4 Å². The molecule has 3 rings (SSSR count). The molecule has 0 aliphatic rings. The summed E-state index contributed by atoms with van der Waals surface area (Å²) in [6.45, 7) is 9.83. The quantitative estimate of drug-likeness (QED) is 0.603. The normalized spacial score (nSPS) is 10.7. The predicted octanol–water partition coefficient (Wildman–Crippen LogP) is 4.90. The summed E-state index contributed by atoms with van der Waals surface area (Å²) in [4.78, 5) is 12.5. The maximum Gasteiger partial charge on any atom is 0.255 e. The minimum Gasteiger partial charge on any atom is -0.490 e. The summed E-state index contributed by atoms with van der Waals surface area (Å²) in [5.41, 5.74) is 1.43. The summed E-state index contributed by atoms with van der Waals surface area (Å²) >= 11 is 0. The van der Waals surface area contributed by atoms with Gasteiger partial charge in [0, 0.05) is 18.0 Å². The fraction of sp³-hybridized carbons (Fsp3) is 0.320. The van der Waals surface area contributed by atoms with Crippen molar-refractivity contribution in [2.45, 2.75) is 46.8 Å². The van der Waals surface area contributed by atoms with Crippen LogP contribution in [0.5, 0.6) is 11.5 Å². The molecule has 0 atom stereocenters. The van der Waals surface area contributed by atoms with Crippen LogP contribution in [0.3, 0.4) is 0 Å². The number of aromatic nitrogens is 1. The molecule has 0 aliphatic heterocycles. The molecule has 160 valence electrons. The van der Waals surface area contributed by atoms with Gasteiger partial charge in [0.05, 0.1) is 5.60 Å². The van der Waals surface area contributed by atoms with Gasteiger partial charge < -0.3 is 14.6 Å². The first kappa shape index (κ1) is 23.2. The molecular formula is C25H31NO4. The molecule has 0 aliphatic carbocycles. The van der Waals surface area contributed by atoms with Crippen molar-refractivity contribution in [2.75, 3.05) is 6.61 Å². The second-order valence-corrected chi connectivity index (χ2v) is 7.40. The largest absolute Gasteiger partial charge is 0.490 e. The first-order valence-electron chi connectivity index (χ1n) is 10.2. The molecule has 0 spiro atoms. The van der Waals surface area contributed by atoms with Crippen LogP contribution in [-0.2, 0) is 6.61 Å². The lowest BCUT2D eigenvalue weighted by atomic mass is 10.1. The first-order valence-corrected chi connectivity index (χ1v) is 10.2. The Bertz CT molecular complexity index is 988. The lowest BCUT2D eigenvalue weighted by molar-refractivity contribution is 0.0282. The van der Waals surface area contributed by atoms with Crippen molar-refractivity contribution >= 4 is 0 Å². The predicted molar refractivity (Wildman–Crippen MR) is 121 cm³/mol. The van der Waals surface area contributed by atoms with Gasteiger partial charge in [-0.1, -0.05) is 32.0 Å². The standard InChI is InChI=1S/C23H25NO4.C2H6/c1-17-13-19(9-10-21(17)28-16-23(2,3)26)24-12-11-18(14-22(24)25)15-27-20-7-5-4-6-8-20;1-2/h4-14,26H,15-16H2,1-3H3;1-2H3. The van der Waals surface area contributed by atoms with E-state index in [2.05, 4.69) is 0 Å². The van der Waals surface area contributed by atoms with Gasteiger partial charge in [-0.3, -0.25) is 9.36 Å². The Hall–Kier alpha value is -3.05. The van der Waals surface area contributed by atoms with Crippen LogP contribution < -0.4 is 15.0 Å². The van der Waals surface area contributed by atoms with Crippen LogP contribution in [0.1, 0.15) is 38.8 Å². The number of para-hydroxylation sites is 1. The number of aryl methyl sites for hydroxylation is 1. The number of rotatable bonds is 7. The summed E-state index contributed by atoms with van der Waals surface area (Å²) in [5, 5.41) is 9.80. The van der Waals surface area contributed by atoms with Crippen LogP contribution in [0.4, 0.5) is 0 Å². The zero-order valence-electron chi connectivity index (χ0n) is 18.4. The SMILES string of the molecule is CC.Cc1cc(-n2ccc(COc3ccccc3)cc2=O)ccc1OCC(C)(C)O. The van der Waals surface area contributed by atoms with Gasteiger partial charge in [0.25, 0.3) is 5.56 Å². The van der Waals surface area contributed by atoms with Crippen LogP contribution >= 0.6 is 0 Å². The lowest BCUT2D eigenvalue weighted by Crippen LogP contribution is -2.28. The maximum atomic E-state index is 12.5. The molecule has 5 heteroatoms. The molecule has 0 radical (unpaired) electrons. The summed E-state index contributed by atoms with van der Waals surface area (Å²) in [7, 11) is 0. The zero-order valence-corrected chi connectivity index (χ0v) is 18.4. The maximum absolute atomic E-state index is 12.5. The summed E-state index contributed by atoms with van der Waals surface area (Å²) in [6.07, 6.45) is 1.75. The van der Waals surface area contributed by atoms with E-state index in [1.165, 1.54) is 0 Å². The van der Waals surface area contributed by atoms with Crippen molar-refractivity contribution in [1.29, 1.82) is 0 Å². The minimum atomic E-state index is -0.903. The highest BCUT2D eigenvalue weighted by Gasteiger charge is 2.14. The number of nitrogens with zero attached hydrogens (tertiary/aromatic N) is 1. The Balaban J connectivity index is 0.00000155. The molecule has 0 saturated carbocycles. The smallest absolute Gasteiger partial charge is 0.255 e. The summed E-state index contributed by atoms with van der Waals surface area (Å²) in [6, 6.07) is 18.5. The second-order valence-electron chi connectivity index (χ2n) is 7.40. The van der Waals surface area contributed by atoms with E-state index in [1.54, 1.807) is 30.7 Å². The topological polar surface area (TPSA) is 60.7 Å². The van der Waals surface area contributed by atoms with Crippen molar-refractivity contribution in [3.8, 4) is 17.2 Å². The van der Waals surface area contributed by atoms with Crippen LogP contribution in [-0.4, -0.2) is 21.9 Å². The minimum absolute atomic E-state index is 0.126. The third kappa shape index (κ3) is 6.78. The molecule has 0 unspecified atom stereocenters. The van der Waals surface area contributed by atoms with E-state index in [0.29, 0.717) is 12.4 Å². The van der Waals surface area contributed by atoms with E-state index in [4.69, 9.17) is 9.47 Å². The van der Waals surface area contributed by atoms with Gasteiger partial charge in [0.1, 0.15) is 24.7 Å². The Labute approximate surface area is 178 Å². The monoisotopic (exact) mass is 409 g/mol. The highest BCUT2D eigenvalue weighted by atomic mass is 16.5. The number of benzene rings is 2. The second kappa shape index (κ2) is 10.6. The van der Waals surface area contributed by atoms with Crippen LogP contribution in [0.15, 0.2) is 71.7 Å². The van der Waals surface area contributed by atoms with Crippen LogP contribution in [0, 0.1) is 6.92 Å². The van der Waals surface area contributed by atoms with Gasteiger partial charge >= 0.3 is 0 Å². The Kier molecular flexibility index (Phi) is 8.25. The third-order valence-corrected chi connectivity index (χ3v) is 4.15. The van der Waals surface area contributed by atoms with Gasteiger partial charge in [0.15, 0.2) is 0 Å². The molecule has 1 N–H and O–H groups in total. The van der Waals surface area contributed by atoms with Crippen molar-refractivity contribution in [3.05, 3.63) is 88.3 Å². The first-order chi connectivity index (χ1) is 14.3. The number of aliphatic hydroxyl groups is 1. The highest BCUT2D eigenvalue weighted by molar-refractivity contribution is 5.44. The Morgan fingerprint density at radius 1 is 0.967 bits per heavy atom. The molecule has 5 nitrogen and oxygen atoms in total. The fourth-order valence-corrected chi connectivity index (χ4v) is 2.71. The molecule has 30 heavy (non-hydrogen) atoms. The van der Waals surface area contributed by atoms with Crippen LogP contribution in [0.25, 0.3) is 5.69 Å². The van der Waals surface area contributed by atoms with Gasteiger partial charge in [-0.2, -0.15) is 0 Å². The molecule has 0 fully saturated rings. The average molecular weight is 410 g/mol. The molecule has 0 saturated heterocycles. The fourth-order valence-electron chi connectivity index (χ4n) is 2.71. The Morgan fingerprint density at radius 2 is 1.67 bits per heavy atom. The summed E-state index contributed by atoms with van der Waals surface area (Å²) in [5.74, 6) is 1.45. The van der Waals surface area contributed by atoms with Crippen molar-refractivity contribution in [1.82, 2.24) is 4.57 Å².